The molecule has 0 spiro atoms. The van der Waals surface area contributed by atoms with E-state index in [1.165, 1.54) is 24.0 Å². The molecular weight excluding hydrogens is 308 g/mol. The molecule has 1 unspecified atom stereocenters. The maximum absolute atomic E-state index is 12.4. The Labute approximate surface area is 142 Å². The van der Waals surface area contributed by atoms with Crippen LogP contribution in [-0.2, 0) is 17.6 Å². The van der Waals surface area contributed by atoms with Gasteiger partial charge in [-0.3, -0.25) is 4.79 Å². The van der Waals surface area contributed by atoms with Crippen LogP contribution in [0.25, 0.3) is 0 Å². The first kappa shape index (κ1) is 15.9. The van der Waals surface area contributed by atoms with Gasteiger partial charge in [0.05, 0.1) is 0 Å². The first-order chi connectivity index (χ1) is 11.0. The monoisotopic (exact) mass is 328 g/mol. The Bertz CT molecular complexity index is 742. The molecular formula is C19H21ClN2O. The van der Waals surface area contributed by atoms with E-state index >= 15 is 0 Å². The zero-order valence-electron chi connectivity index (χ0n) is 13.4. The molecule has 0 saturated heterocycles. The summed E-state index contributed by atoms with van der Waals surface area (Å²) in [5.74, 6) is -0.0733. The molecule has 1 aliphatic rings. The van der Waals surface area contributed by atoms with Crippen molar-refractivity contribution >= 4 is 28.9 Å². The van der Waals surface area contributed by atoms with Crippen LogP contribution in [0.15, 0.2) is 36.4 Å². The minimum Gasteiger partial charge on any atom is -0.374 e. The van der Waals surface area contributed by atoms with Gasteiger partial charge in [-0.2, -0.15) is 0 Å². The molecule has 3 rings (SSSR count). The number of rotatable bonds is 4. The summed E-state index contributed by atoms with van der Waals surface area (Å²) in [6.45, 7) is 3.76. The smallest absolute Gasteiger partial charge is 0.246 e. The highest BCUT2D eigenvalue weighted by Gasteiger charge is 2.16. The van der Waals surface area contributed by atoms with E-state index in [-0.39, 0.29) is 11.9 Å². The van der Waals surface area contributed by atoms with Gasteiger partial charge in [-0.05, 0) is 74.1 Å². The Morgan fingerprint density at radius 3 is 2.78 bits per heavy atom. The zero-order valence-corrected chi connectivity index (χ0v) is 14.2. The highest BCUT2D eigenvalue weighted by Crippen LogP contribution is 2.26. The van der Waals surface area contributed by atoms with Crippen molar-refractivity contribution in [2.45, 2.75) is 39.2 Å². The molecule has 1 atom stereocenters. The predicted molar refractivity (Wildman–Crippen MR) is 96.4 cm³/mol. The lowest BCUT2D eigenvalue weighted by Gasteiger charge is -2.17. The quantitative estimate of drug-likeness (QED) is 0.862. The molecule has 2 aromatic carbocycles. The summed E-state index contributed by atoms with van der Waals surface area (Å²) in [4.78, 5) is 12.4. The average Bonchev–Trinajstić information content (AvgIpc) is 2.99. The van der Waals surface area contributed by atoms with E-state index in [1.54, 1.807) is 0 Å². The van der Waals surface area contributed by atoms with Crippen molar-refractivity contribution in [2.24, 2.45) is 0 Å². The van der Waals surface area contributed by atoms with Crippen molar-refractivity contribution in [1.82, 2.24) is 0 Å². The summed E-state index contributed by atoms with van der Waals surface area (Å²) in [5.41, 5.74) is 5.46. The van der Waals surface area contributed by atoms with Crippen LogP contribution in [-0.4, -0.2) is 11.9 Å². The van der Waals surface area contributed by atoms with Crippen molar-refractivity contribution in [3.05, 3.63) is 58.1 Å². The van der Waals surface area contributed by atoms with Crippen molar-refractivity contribution in [2.75, 3.05) is 10.6 Å². The number of carbonyl (C=O) groups is 1. The number of benzene rings is 2. The van der Waals surface area contributed by atoms with Gasteiger partial charge >= 0.3 is 0 Å². The number of halogens is 1. The lowest BCUT2D eigenvalue weighted by molar-refractivity contribution is -0.116. The average molecular weight is 329 g/mol. The molecule has 0 saturated carbocycles. The van der Waals surface area contributed by atoms with Gasteiger partial charge in [0, 0.05) is 16.4 Å². The summed E-state index contributed by atoms with van der Waals surface area (Å²) in [6, 6.07) is 11.6. The lowest BCUT2D eigenvalue weighted by atomic mass is 10.1. The van der Waals surface area contributed by atoms with Crippen molar-refractivity contribution < 1.29 is 4.79 Å². The summed E-state index contributed by atoms with van der Waals surface area (Å²) < 4.78 is 0. The zero-order chi connectivity index (χ0) is 16.4. The first-order valence-electron chi connectivity index (χ1n) is 7.99. The molecule has 0 bridgehead atoms. The molecule has 2 N–H and O–H groups in total. The van der Waals surface area contributed by atoms with Crippen LogP contribution in [0.2, 0.25) is 5.02 Å². The van der Waals surface area contributed by atoms with E-state index in [0.717, 1.165) is 23.4 Å². The number of fused-ring (bicyclic) bond motifs is 1. The van der Waals surface area contributed by atoms with Crippen LogP contribution in [0, 0.1) is 6.92 Å². The Morgan fingerprint density at radius 1 is 1.17 bits per heavy atom. The third-order valence-electron chi connectivity index (χ3n) is 4.40. The SMILES string of the molecule is Cc1c(Cl)cccc1NC(=O)C(C)Nc1ccc2c(c1)CCC2. The minimum atomic E-state index is -0.326. The van der Waals surface area contributed by atoms with E-state index in [4.69, 9.17) is 11.6 Å². The molecule has 0 fully saturated rings. The van der Waals surface area contributed by atoms with Gasteiger partial charge in [0.2, 0.25) is 5.91 Å². The molecule has 120 valence electrons. The fourth-order valence-electron chi connectivity index (χ4n) is 2.96. The first-order valence-corrected chi connectivity index (χ1v) is 8.36. The second-order valence-electron chi connectivity index (χ2n) is 6.10. The third kappa shape index (κ3) is 3.50. The van der Waals surface area contributed by atoms with Crippen LogP contribution in [0.3, 0.4) is 0 Å². The lowest BCUT2D eigenvalue weighted by Crippen LogP contribution is -2.32. The number of carbonyl (C=O) groups excluding carboxylic acids is 1. The highest BCUT2D eigenvalue weighted by atomic mass is 35.5. The number of amides is 1. The van der Waals surface area contributed by atoms with E-state index in [1.807, 2.05) is 32.0 Å². The summed E-state index contributed by atoms with van der Waals surface area (Å²) in [5, 5.41) is 6.87. The molecule has 0 aromatic heterocycles. The van der Waals surface area contributed by atoms with E-state index in [0.29, 0.717) is 5.02 Å². The molecule has 0 aliphatic heterocycles. The Hall–Kier alpha value is -2.00. The van der Waals surface area contributed by atoms with Crippen molar-refractivity contribution in [3.8, 4) is 0 Å². The number of hydrogen-bond acceptors (Lipinski definition) is 2. The minimum absolute atomic E-state index is 0.0733. The summed E-state index contributed by atoms with van der Waals surface area (Å²) >= 11 is 6.09. The van der Waals surface area contributed by atoms with Gasteiger partial charge in [-0.25, -0.2) is 0 Å². The normalized spacial score (nSPS) is 14.2. The predicted octanol–water partition coefficient (Wildman–Crippen LogP) is 4.58. The number of hydrogen-bond donors (Lipinski definition) is 2. The summed E-state index contributed by atoms with van der Waals surface area (Å²) in [6.07, 6.45) is 3.52. The second kappa shape index (κ2) is 6.63. The highest BCUT2D eigenvalue weighted by molar-refractivity contribution is 6.31. The Morgan fingerprint density at radius 2 is 1.96 bits per heavy atom. The Kier molecular flexibility index (Phi) is 4.58. The largest absolute Gasteiger partial charge is 0.374 e. The third-order valence-corrected chi connectivity index (χ3v) is 4.81. The van der Waals surface area contributed by atoms with E-state index in [9.17, 15) is 4.79 Å². The molecule has 3 nitrogen and oxygen atoms in total. The number of aryl methyl sites for hydroxylation is 2. The molecule has 23 heavy (non-hydrogen) atoms. The van der Waals surface area contributed by atoms with Crippen LogP contribution in [0.5, 0.6) is 0 Å². The van der Waals surface area contributed by atoms with E-state index in [2.05, 4.69) is 28.8 Å². The fraction of sp³-hybridized carbons (Fsp3) is 0.316. The maximum Gasteiger partial charge on any atom is 0.246 e. The molecule has 4 heteroatoms. The molecule has 0 heterocycles. The molecule has 0 radical (unpaired) electrons. The van der Waals surface area contributed by atoms with Gasteiger partial charge in [-0.15, -0.1) is 0 Å². The van der Waals surface area contributed by atoms with Gasteiger partial charge in [0.1, 0.15) is 6.04 Å². The van der Waals surface area contributed by atoms with Crippen LogP contribution >= 0.6 is 11.6 Å². The molecule has 1 amide bonds. The topological polar surface area (TPSA) is 41.1 Å². The van der Waals surface area contributed by atoms with Crippen LogP contribution < -0.4 is 10.6 Å². The van der Waals surface area contributed by atoms with Gasteiger partial charge in [0.15, 0.2) is 0 Å². The number of nitrogens with one attached hydrogen (secondary N) is 2. The van der Waals surface area contributed by atoms with Crippen molar-refractivity contribution in [1.29, 1.82) is 0 Å². The number of anilines is 2. The van der Waals surface area contributed by atoms with Crippen LogP contribution in [0.4, 0.5) is 11.4 Å². The standard InChI is InChI=1S/C19H21ClN2O/c1-12-17(20)7-4-8-18(12)22-19(23)13(2)21-16-10-9-14-5-3-6-15(14)11-16/h4,7-11,13,21H,3,5-6H2,1-2H3,(H,22,23). The fourth-order valence-corrected chi connectivity index (χ4v) is 3.14. The summed E-state index contributed by atoms with van der Waals surface area (Å²) in [7, 11) is 0. The molecule has 1 aliphatic carbocycles. The maximum atomic E-state index is 12.4. The van der Waals surface area contributed by atoms with Crippen LogP contribution in [0.1, 0.15) is 30.0 Å². The molecule has 2 aromatic rings. The van der Waals surface area contributed by atoms with Gasteiger partial charge < -0.3 is 10.6 Å². The van der Waals surface area contributed by atoms with Gasteiger partial charge in [-0.1, -0.05) is 23.7 Å². The Balaban J connectivity index is 1.67. The van der Waals surface area contributed by atoms with Gasteiger partial charge in [0.25, 0.3) is 0 Å². The van der Waals surface area contributed by atoms with E-state index < -0.39 is 0 Å². The van der Waals surface area contributed by atoms with Crippen molar-refractivity contribution in [3.63, 3.8) is 0 Å². The second-order valence-corrected chi connectivity index (χ2v) is 6.51.